The van der Waals surface area contributed by atoms with Crippen molar-refractivity contribution in [2.75, 3.05) is 5.32 Å². The third kappa shape index (κ3) is 6.05. The number of rotatable bonds is 7. The minimum atomic E-state index is -0.309. The van der Waals surface area contributed by atoms with Gasteiger partial charge in [-0.2, -0.15) is 0 Å². The first kappa shape index (κ1) is 24.4. The molecule has 0 spiro atoms. The molecule has 4 aromatic rings. The molecule has 4 rings (SSSR count). The standard InChI is InChI=1S/C28H29N3O3S/c1-5-18(4)20-11-14-25-24(16-20)30-27(34-25)19-9-12-22(13-10-19)29-28(35)31-26(32)21-7-6-8-23(15-21)33-17(2)3/h6-18H,5H2,1-4H3,(H2,29,31,32,35). The van der Waals surface area contributed by atoms with Gasteiger partial charge in [0.2, 0.25) is 5.89 Å². The van der Waals surface area contributed by atoms with E-state index in [0.717, 1.165) is 28.8 Å². The average molecular weight is 488 g/mol. The van der Waals surface area contributed by atoms with Crippen LogP contribution in [-0.2, 0) is 0 Å². The third-order valence-electron chi connectivity index (χ3n) is 5.68. The van der Waals surface area contributed by atoms with Crippen LogP contribution in [0.5, 0.6) is 5.75 Å². The van der Waals surface area contributed by atoms with Crippen molar-refractivity contribution in [2.45, 2.75) is 46.1 Å². The lowest BCUT2D eigenvalue weighted by Crippen LogP contribution is -2.34. The van der Waals surface area contributed by atoms with Crippen LogP contribution in [0.25, 0.3) is 22.6 Å². The van der Waals surface area contributed by atoms with Gasteiger partial charge in [0.25, 0.3) is 5.91 Å². The van der Waals surface area contributed by atoms with Gasteiger partial charge in [0.05, 0.1) is 6.10 Å². The molecule has 1 amide bonds. The van der Waals surface area contributed by atoms with Crippen LogP contribution >= 0.6 is 12.2 Å². The summed E-state index contributed by atoms with van der Waals surface area (Å²) >= 11 is 5.32. The van der Waals surface area contributed by atoms with E-state index < -0.39 is 0 Å². The maximum Gasteiger partial charge on any atom is 0.257 e. The zero-order valence-electron chi connectivity index (χ0n) is 20.3. The molecule has 0 saturated heterocycles. The molecule has 1 unspecified atom stereocenters. The van der Waals surface area contributed by atoms with Crippen molar-refractivity contribution in [2.24, 2.45) is 0 Å². The van der Waals surface area contributed by atoms with Crippen LogP contribution in [0.2, 0.25) is 0 Å². The monoisotopic (exact) mass is 487 g/mol. The van der Waals surface area contributed by atoms with Gasteiger partial charge in [0, 0.05) is 16.8 Å². The molecule has 6 nitrogen and oxygen atoms in total. The van der Waals surface area contributed by atoms with Gasteiger partial charge >= 0.3 is 0 Å². The maximum atomic E-state index is 12.6. The summed E-state index contributed by atoms with van der Waals surface area (Å²) in [6.07, 6.45) is 1.10. The number of aromatic nitrogens is 1. The van der Waals surface area contributed by atoms with E-state index in [1.165, 1.54) is 5.56 Å². The van der Waals surface area contributed by atoms with E-state index in [1.54, 1.807) is 18.2 Å². The Kier molecular flexibility index (Phi) is 7.46. The number of benzene rings is 3. The zero-order valence-corrected chi connectivity index (χ0v) is 21.1. The van der Waals surface area contributed by atoms with Gasteiger partial charge in [-0.25, -0.2) is 4.98 Å². The lowest BCUT2D eigenvalue weighted by molar-refractivity contribution is 0.0977. The number of fused-ring (bicyclic) bond motifs is 1. The number of hydrogen-bond acceptors (Lipinski definition) is 5. The summed E-state index contributed by atoms with van der Waals surface area (Å²) in [5.74, 6) is 1.37. The molecule has 2 N–H and O–H groups in total. The number of nitrogens with one attached hydrogen (secondary N) is 2. The fraction of sp³-hybridized carbons (Fsp3) is 0.250. The summed E-state index contributed by atoms with van der Waals surface area (Å²) in [4.78, 5) is 17.2. The molecule has 0 aliphatic heterocycles. The lowest BCUT2D eigenvalue weighted by atomic mass is 9.98. The van der Waals surface area contributed by atoms with E-state index in [9.17, 15) is 4.79 Å². The Morgan fingerprint density at radius 2 is 1.83 bits per heavy atom. The van der Waals surface area contributed by atoms with Gasteiger partial charge in [0.15, 0.2) is 10.7 Å². The summed E-state index contributed by atoms with van der Waals surface area (Å²) in [5, 5.41) is 5.95. The molecule has 0 radical (unpaired) electrons. The second-order valence-electron chi connectivity index (χ2n) is 8.74. The average Bonchev–Trinajstić information content (AvgIpc) is 3.27. The Balaban J connectivity index is 1.40. The van der Waals surface area contributed by atoms with E-state index in [4.69, 9.17) is 21.4 Å². The molecular weight excluding hydrogens is 458 g/mol. The first-order chi connectivity index (χ1) is 16.8. The maximum absolute atomic E-state index is 12.6. The van der Waals surface area contributed by atoms with Gasteiger partial charge in [-0.05, 0) is 98.6 Å². The SMILES string of the molecule is CCC(C)c1ccc2oc(-c3ccc(NC(=S)NC(=O)c4cccc(OC(C)C)c4)cc3)nc2c1. The van der Waals surface area contributed by atoms with Crippen LogP contribution in [0.4, 0.5) is 5.69 Å². The number of anilines is 1. The number of thiocarbonyl (C=S) groups is 1. The van der Waals surface area contributed by atoms with Crippen molar-refractivity contribution in [3.63, 3.8) is 0 Å². The number of nitrogens with zero attached hydrogens (tertiary/aromatic N) is 1. The van der Waals surface area contributed by atoms with Crippen molar-refractivity contribution in [3.05, 3.63) is 77.9 Å². The summed E-state index contributed by atoms with van der Waals surface area (Å²) < 4.78 is 11.6. The van der Waals surface area contributed by atoms with Crippen LogP contribution in [-0.4, -0.2) is 22.1 Å². The summed E-state index contributed by atoms with van der Waals surface area (Å²) in [6.45, 7) is 8.26. The van der Waals surface area contributed by atoms with Crippen LogP contribution in [0.15, 0.2) is 71.1 Å². The van der Waals surface area contributed by atoms with Crippen LogP contribution in [0.3, 0.4) is 0 Å². The highest BCUT2D eigenvalue weighted by Gasteiger charge is 2.12. The molecule has 0 aliphatic rings. The van der Waals surface area contributed by atoms with Crippen molar-refractivity contribution >= 4 is 40.0 Å². The topological polar surface area (TPSA) is 76.4 Å². The Morgan fingerprint density at radius 3 is 2.54 bits per heavy atom. The fourth-order valence-corrected chi connectivity index (χ4v) is 3.84. The Morgan fingerprint density at radius 1 is 1.06 bits per heavy atom. The van der Waals surface area contributed by atoms with Gasteiger partial charge in [-0.15, -0.1) is 0 Å². The van der Waals surface area contributed by atoms with Crippen molar-refractivity contribution < 1.29 is 13.9 Å². The molecular formula is C28H29N3O3S. The van der Waals surface area contributed by atoms with Gasteiger partial charge < -0.3 is 14.5 Å². The molecule has 1 aromatic heterocycles. The zero-order chi connectivity index (χ0) is 24.9. The van der Waals surface area contributed by atoms with Crippen LogP contribution in [0.1, 0.15) is 56.0 Å². The number of carbonyl (C=O) groups is 1. The molecule has 0 aliphatic carbocycles. The Labute approximate surface area is 210 Å². The number of ether oxygens (including phenoxy) is 1. The molecule has 0 saturated carbocycles. The molecule has 1 atom stereocenters. The van der Waals surface area contributed by atoms with E-state index >= 15 is 0 Å². The number of oxazole rings is 1. The molecule has 3 aromatic carbocycles. The first-order valence-corrected chi connectivity index (χ1v) is 12.1. The molecule has 180 valence electrons. The first-order valence-electron chi connectivity index (χ1n) is 11.7. The fourth-order valence-electron chi connectivity index (χ4n) is 3.63. The smallest absolute Gasteiger partial charge is 0.257 e. The predicted molar refractivity (Wildman–Crippen MR) is 144 cm³/mol. The highest BCUT2D eigenvalue weighted by molar-refractivity contribution is 7.80. The lowest BCUT2D eigenvalue weighted by Gasteiger charge is -2.12. The summed E-state index contributed by atoms with van der Waals surface area (Å²) in [6, 6.07) is 20.7. The van der Waals surface area contributed by atoms with Gasteiger partial charge in [-0.3, -0.25) is 10.1 Å². The molecule has 7 heteroatoms. The van der Waals surface area contributed by atoms with Crippen molar-refractivity contribution in [1.29, 1.82) is 0 Å². The van der Waals surface area contributed by atoms with Crippen molar-refractivity contribution in [3.8, 4) is 17.2 Å². The molecule has 0 bridgehead atoms. The van der Waals surface area contributed by atoms with E-state index in [0.29, 0.717) is 23.1 Å². The van der Waals surface area contributed by atoms with E-state index in [1.807, 2.05) is 50.2 Å². The van der Waals surface area contributed by atoms with Crippen LogP contribution in [0, 0.1) is 0 Å². The molecule has 35 heavy (non-hydrogen) atoms. The predicted octanol–water partition coefficient (Wildman–Crippen LogP) is 6.92. The molecule has 1 heterocycles. The summed E-state index contributed by atoms with van der Waals surface area (Å²) in [5.41, 5.74) is 4.94. The quantitative estimate of drug-likeness (QED) is 0.276. The Hall–Kier alpha value is -3.71. The number of amides is 1. The third-order valence-corrected chi connectivity index (χ3v) is 5.88. The minimum absolute atomic E-state index is 0.0241. The van der Waals surface area contributed by atoms with Crippen LogP contribution < -0.4 is 15.4 Å². The second-order valence-corrected chi connectivity index (χ2v) is 9.14. The number of hydrogen-bond donors (Lipinski definition) is 2. The van der Waals surface area contributed by atoms with E-state index in [-0.39, 0.29) is 17.1 Å². The largest absolute Gasteiger partial charge is 0.491 e. The second kappa shape index (κ2) is 10.7. The van der Waals surface area contributed by atoms with E-state index in [2.05, 4.69) is 41.6 Å². The highest BCUT2D eigenvalue weighted by atomic mass is 32.1. The highest BCUT2D eigenvalue weighted by Crippen LogP contribution is 2.28. The van der Waals surface area contributed by atoms with Gasteiger partial charge in [0.1, 0.15) is 11.3 Å². The minimum Gasteiger partial charge on any atom is -0.491 e. The van der Waals surface area contributed by atoms with Crippen molar-refractivity contribution in [1.82, 2.24) is 10.3 Å². The Bertz CT molecular complexity index is 1350. The summed E-state index contributed by atoms with van der Waals surface area (Å²) in [7, 11) is 0. The molecule has 0 fully saturated rings. The van der Waals surface area contributed by atoms with Gasteiger partial charge in [-0.1, -0.05) is 26.0 Å². The number of carbonyl (C=O) groups excluding carboxylic acids is 1. The normalized spacial score (nSPS) is 11.9.